The van der Waals surface area contributed by atoms with Crippen molar-refractivity contribution >= 4 is 0 Å². The first-order valence-electron chi connectivity index (χ1n) is 5.41. The predicted molar refractivity (Wildman–Crippen MR) is 49.0 cm³/mol. The highest BCUT2D eigenvalue weighted by Gasteiger charge is 2.50. The van der Waals surface area contributed by atoms with E-state index in [4.69, 9.17) is 0 Å². The highest BCUT2D eigenvalue weighted by molar-refractivity contribution is 5.05. The molecule has 0 heterocycles. The predicted octanol–water partition coefficient (Wildman–Crippen LogP) is 2.19. The van der Waals surface area contributed by atoms with E-state index in [1.54, 1.807) is 0 Å². The van der Waals surface area contributed by atoms with Gasteiger partial charge in [0.25, 0.3) is 0 Å². The van der Waals surface area contributed by atoms with Gasteiger partial charge < -0.3 is 0 Å². The molecule has 0 spiro atoms. The van der Waals surface area contributed by atoms with E-state index in [9.17, 15) is 0 Å². The average Bonchev–Trinajstić information content (AvgIpc) is 2.02. The van der Waals surface area contributed by atoms with Crippen LogP contribution in [-0.2, 0) is 0 Å². The Hall–Kier alpha value is -0.0400. The van der Waals surface area contributed by atoms with Gasteiger partial charge in [-0.3, -0.25) is 0 Å². The Labute approximate surface area is 74.9 Å². The lowest BCUT2D eigenvalue weighted by Crippen LogP contribution is -2.54. The maximum atomic E-state index is 4.68. The zero-order chi connectivity index (χ0) is 8.18. The van der Waals surface area contributed by atoms with Crippen LogP contribution in [0.3, 0.4) is 0 Å². The topological polar surface area (TPSA) is 14.1 Å². The summed E-state index contributed by atoms with van der Waals surface area (Å²) in [5, 5.41) is 4.68. The van der Waals surface area contributed by atoms with Gasteiger partial charge in [0.15, 0.2) is 0 Å². The fourth-order valence-electron chi connectivity index (χ4n) is 4.34. The molecule has 4 aliphatic carbocycles. The lowest BCUT2D eigenvalue weighted by molar-refractivity contribution is -0.0177. The van der Waals surface area contributed by atoms with Crippen LogP contribution in [0.15, 0.2) is 0 Å². The van der Waals surface area contributed by atoms with Gasteiger partial charge in [-0.1, -0.05) is 0 Å². The largest absolute Gasteiger partial charge is 0.238 e. The van der Waals surface area contributed by atoms with Gasteiger partial charge in [0.1, 0.15) is 0 Å². The van der Waals surface area contributed by atoms with E-state index in [2.05, 4.69) is 5.32 Å². The third kappa shape index (κ3) is 0.891. The van der Waals surface area contributed by atoms with Crippen molar-refractivity contribution in [3.63, 3.8) is 0 Å². The van der Waals surface area contributed by atoms with Gasteiger partial charge in [-0.2, -0.15) is 0 Å². The minimum absolute atomic E-state index is 0.467. The Bertz CT molecular complexity index is 162. The zero-order valence-electron chi connectivity index (χ0n) is 7.92. The highest BCUT2D eigenvalue weighted by atomic mass is 15.0. The molecule has 1 radical (unpaired) electrons. The molecule has 0 saturated heterocycles. The van der Waals surface area contributed by atoms with Crippen LogP contribution in [0.5, 0.6) is 0 Å². The first kappa shape index (κ1) is 7.37. The summed E-state index contributed by atoms with van der Waals surface area (Å²) in [4.78, 5) is 0. The van der Waals surface area contributed by atoms with Crippen molar-refractivity contribution in [2.45, 2.75) is 44.1 Å². The van der Waals surface area contributed by atoms with Crippen LogP contribution in [0.25, 0.3) is 0 Å². The molecule has 4 aliphatic rings. The number of rotatable bonds is 1. The van der Waals surface area contributed by atoms with E-state index in [-0.39, 0.29) is 0 Å². The number of hydrogen-bond acceptors (Lipinski definition) is 0. The first-order valence-corrected chi connectivity index (χ1v) is 5.41. The summed E-state index contributed by atoms with van der Waals surface area (Å²) in [7, 11) is 2.05. The molecule has 0 aromatic rings. The standard InChI is InChI=1S/C11H18N/c1-12-11-5-8-2-9(6-11)4-10(3-8)7-11/h8-10H,2-7H2,1H3. The second-order valence-electron chi connectivity index (χ2n) is 5.37. The van der Waals surface area contributed by atoms with Crippen molar-refractivity contribution in [1.29, 1.82) is 0 Å². The van der Waals surface area contributed by atoms with Gasteiger partial charge in [0.05, 0.1) is 0 Å². The van der Waals surface area contributed by atoms with E-state index >= 15 is 0 Å². The molecule has 0 aromatic carbocycles. The second kappa shape index (κ2) is 2.25. The van der Waals surface area contributed by atoms with Gasteiger partial charge in [0, 0.05) is 12.6 Å². The Balaban J connectivity index is 1.90. The molecule has 4 rings (SSSR count). The summed E-state index contributed by atoms with van der Waals surface area (Å²) in [5.74, 6) is 3.17. The van der Waals surface area contributed by atoms with E-state index in [0.29, 0.717) is 5.54 Å². The van der Waals surface area contributed by atoms with Crippen LogP contribution in [0.4, 0.5) is 0 Å². The van der Waals surface area contributed by atoms with Crippen LogP contribution in [-0.4, -0.2) is 12.6 Å². The van der Waals surface area contributed by atoms with Crippen LogP contribution in [0.2, 0.25) is 0 Å². The molecule has 0 unspecified atom stereocenters. The Morgan fingerprint density at radius 1 is 0.917 bits per heavy atom. The quantitative estimate of drug-likeness (QED) is 0.564. The van der Waals surface area contributed by atoms with E-state index < -0.39 is 0 Å². The van der Waals surface area contributed by atoms with Gasteiger partial charge in [-0.25, -0.2) is 5.32 Å². The summed E-state index contributed by atoms with van der Waals surface area (Å²) in [6.07, 6.45) is 8.89. The number of nitrogens with zero attached hydrogens (tertiary/aromatic N) is 1. The molecule has 0 N–H and O–H groups in total. The van der Waals surface area contributed by atoms with E-state index in [1.165, 1.54) is 38.5 Å². The van der Waals surface area contributed by atoms with Crippen molar-refractivity contribution in [3.8, 4) is 0 Å². The summed E-state index contributed by atoms with van der Waals surface area (Å²) in [6.45, 7) is 0. The monoisotopic (exact) mass is 164 g/mol. The maximum Gasteiger partial charge on any atom is 0.0361 e. The van der Waals surface area contributed by atoms with Crippen LogP contribution in [0.1, 0.15) is 38.5 Å². The van der Waals surface area contributed by atoms with Gasteiger partial charge in [-0.05, 0) is 56.3 Å². The molecule has 1 heteroatoms. The smallest absolute Gasteiger partial charge is 0.0361 e. The zero-order valence-corrected chi connectivity index (χ0v) is 7.92. The van der Waals surface area contributed by atoms with Crippen molar-refractivity contribution in [1.82, 2.24) is 5.32 Å². The normalized spacial score (nSPS) is 56.2. The minimum atomic E-state index is 0.467. The fraction of sp³-hybridized carbons (Fsp3) is 1.00. The summed E-state index contributed by atoms with van der Waals surface area (Å²) < 4.78 is 0. The second-order valence-corrected chi connectivity index (χ2v) is 5.37. The SMILES string of the molecule is C[N]C12CC3CC(CC(C3)C1)C2. The Morgan fingerprint density at radius 2 is 1.33 bits per heavy atom. The lowest BCUT2D eigenvalue weighted by atomic mass is 9.53. The average molecular weight is 164 g/mol. The lowest BCUT2D eigenvalue weighted by Gasteiger charge is -2.56. The molecule has 0 aliphatic heterocycles. The van der Waals surface area contributed by atoms with Crippen LogP contribution in [0, 0.1) is 17.8 Å². The summed E-state index contributed by atoms with van der Waals surface area (Å²) in [6, 6.07) is 0. The third-order valence-electron chi connectivity index (χ3n) is 4.48. The summed E-state index contributed by atoms with van der Waals surface area (Å²) in [5.41, 5.74) is 0.467. The van der Waals surface area contributed by atoms with Gasteiger partial charge in [-0.15, -0.1) is 0 Å². The summed E-state index contributed by atoms with van der Waals surface area (Å²) >= 11 is 0. The maximum absolute atomic E-state index is 4.68. The first-order chi connectivity index (χ1) is 5.80. The number of hydrogen-bond donors (Lipinski definition) is 0. The molecule has 4 saturated carbocycles. The Morgan fingerprint density at radius 3 is 1.67 bits per heavy atom. The molecular weight excluding hydrogens is 146 g/mol. The molecule has 0 amide bonds. The highest BCUT2D eigenvalue weighted by Crippen LogP contribution is 2.55. The third-order valence-corrected chi connectivity index (χ3v) is 4.48. The molecule has 0 aromatic heterocycles. The van der Waals surface area contributed by atoms with E-state index in [0.717, 1.165) is 17.8 Å². The van der Waals surface area contributed by atoms with Gasteiger partial charge >= 0.3 is 0 Å². The minimum Gasteiger partial charge on any atom is -0.238 e. The molecule has 0 atom stereocenters. The molecule has 4 fully saturated rings. The molecule has 67 valence electrons. The van der Waals surface area contributed by atoms with E-state index in [1.807, 2.05) is 7.05 Å². The van der Waals surface area contributed by atoms with Crippen molar-refractivity contribution < 1.29 is 0 Å². The van der Waals surface area contributed by atoms with Crippen molar-refractivity contribution in [2.75, 3.05) is 7.05 Å². The van der Waals surface area contributed by atoms with Crippen molar-refractivity contribution in [3.05, 3.63) is 0 Å². The fourth-order valence-corrected chi connectivity index (χ4v) is 4.34. The molecule has 1 nitrogen and oxygen atoms in total. The molecule has 4 bridgehead atoms. The molecule has 12 heavy (non-hydrogen) atoms. The molecular formula is C11H18N. The van der Waals surface area contributed by atoms with Gasteiger partial charge in [0.2, 0.25) is 0 Å². The van der Waals surface area contributed by atoms with Crippen LogP contribution < -0.4 is 5.32 Å². The van der Waals surface area contributed by atoms with Crippen LogP contribution >= 0.6 is 0 Å². The van der Waals surface area contributed by atoms with Crippen molar-refractivity contribution in [2.24, 2.45) is 17.8 Å². The Kier molecular flexibility index (Phi) is 1.39.